The van der Waals surface area contributed by atoms with E-state index >= 15 is 0 Å². The molecule has 2 bridgehead atoms. The molecule has 8 N–H and O–H groups in total. The lowest BCUT2D eigenvalue weighted by atomic mass is 9.76. The summed E-state index contributed by atoms with van der Waals surface area (Å²) in [4.78, 5) is 88.0. The zero-order chi connectivity index (χ0) is 40.8. The number of fused-ring (bicyclic) bond motifs is 3. The fraction of sp³-hybridized carbons (Fsp3) is 0.643. The number of hydrogen-bond acceptors (Lipinski definition) is 8. The molecule has 1 aromatic carbocycles. The van der Waals surface area contributed by atoms with Crippen LogP contribution in [0.5, 0.6) is 5.75 Å². The number of amides is 4. The average Bonchev–Trinajstić information content (AvgIpc) is 3.65. The van der Waals surface area contributed by atoms with Gasteiger partial charge >= 0.3 is 0 Å². The van der Waals surface area contributed by atoms with Gasteiger partial charge in [-0.15, -0.1) is 0 Å². The smallest absolute Gasteiger partial charge is 0.243 e. The average molecular weight is 778 g/mol. The number of guanidine groups is 1. The minimum Gasteiger partial charge on any atom is -0.494 e. The third-order valence-corrected chi connectivity index (χ3v) is 11.3. The molecule has 1 unspecified atom stereocenters. The molecule has 5 atom stereocenters. The van der Waals surface area contributed by atoms with Crippen LogP contribution in [0.2, 0.25) is 0 Å². The van der Waals surface area contributed by atoms with E-state index in [1.54, 1.807) is 4.90 Å². The molecule has 14 nitrogen and oxygen atoms in total. The van der Waals surface area contributed by atoms with E-state index in [1.807, 2.05) is 57.2 Å². The first-order valence-corrected chi connectivity index (χ1v) is 20.3. The van der Waals surface area contributed by atoms with Gasteiger partial charge in [0.15, 0.2) is 17.5 Å². The number of ketones is 2. The van der Waals surface area contributed by atoms with E-state index in [1.165, 1.54) is 0 Å². The molecule has 2 aliphatic heterocycles. The first kappa shape index (κ1) is 44.0. The van der Waals surface area contributed by atoms with Crippen LogP contribution >= 0.6 is 0 Å². The van der Waals surface area contributed by atoms with Crippen LogP contribution in [-0.4, -0.2) is 83.9 Å². The summed E-state index contributed by atoms with van der Waals surface area (Å²) in [5, 5.41) is 5.99. The van der Waals surface area contributed by atoms with E-state index in [2.05, 4.69) is 15.6 Å². The third-order valence-electron chi connectivity index (χ3n) is 11.3. The maximum absolute atomic E-state index is 14.5. The molecule has 0 spiro atoms. The van der Waals surface area contributed by atoms with Crippen molar-refractivity contribution >= 4 is 47.2 Å². The number of aliphatic imine (C=N–C) groups is 1. The molecule has 1 aromatic rings. The summed E-state index contributed by atoms with van der Waals surface area (Å²) < 4.78 is 5.95. The van der Waals surface area contributed by atoms with Crippen molar-refractivity contribution in [3.05, 3.63) is 35.9 Å². The lowest BCUT2D eigenvalue weighted by molar-refractivity contribution is -0.140. The molecule has 0 aromatic heterocycles. The number of nitrogens with two attached hydrogens (primary N) is 3. The van der Waals surface area contributed by atoms with Crippen LogP contribution in [0.3, 0.4) is 0 Å². The number of carbonyl (C=O) groups excluding carboxylic acids is 6. The Labute approximate surface area is 331 Å². The number of hydrogen-bond donors (Lipinski definition) is 5. The predicted octanol–water partition coefficient (Wildman–Crippen LogP) is 3.54. The van der Waals surface area contributed by atoms with Gasteiger partial charge in [-0.2, -0.15) is 0 Å². The number of benzene rings is 1. The van der Waals surface area contributed by atoms with Crippen LogP contribution in [0.25, 0.3) is 6.08 Å². The van der Waals surface area contributed by atoms with Crippen molar-refractivity contribution < 1.29 is 33.5 Å². The SMILES string of the molecule is CC(C)(C)[C@H](CC(=O)[C@H](CCCN=C(N)N)NC(=O)[C@@H]1C/C=C/c2cccc(c2)OCCCC(=O)N2CCCC2C(=O)N[C@@H](C2CCCCC2)C(=O)C1)C(N)=O. The number of primary amides is 1. The molecule has 1 saturated carbocycles. The van der Waals surface area contributed by atoms with Crippen molar-refractivity contribution in [1.82, 2.24) is 15.5 Å². The van der Waals surface area contributed by atoms with Crippen molar-refractivity contribution in [2.75, 3.05) is 19.7 Å². The molecule has 3 aliphatic rings. The summed E-state index contributed by atoms with van der Waals surface area (Å²) in [6.45, 7) is 6.50. The molecular formula is C42H63N7O7. The number of ether oxygens (including phenoxy) is 1. The second-order valence-electron chi connectivity index (χ2n) is 16.7. The van der Waals surface area contributed by atoms with E-state index in [4.69, 9.17) is 21.9 Å². The van der Waals surface area contributed by atoms with Crippen LogP contribution in [-0.2, 0) is 28.8 Å². The standard InChI is InChI=1S/C42H63N7O7/c1-42(2,3)31(38(43)53)26-34(50)32(18-9-21-46-41(44)45)47-39(54)29-16-7-12-27-13-8-17-30(24-27)56-23-11-20-36(52)49-22-10-19-33(49)40(55)48-37(35(51)25-29)28-14-5-4-6-15-28/h7-8,12-13,17,24,28-29,31-33,37H,4-6,9-11,14-16,18-23,25-26H2,1-3H3,(H2,43,53)(H,47,54)(H,48,55)(H4,44,45,46)/b12-7+/t29-,31-,32+,33?,37+/m1/s1. The van der Waals surface area contributed by atoms with Gasteiger partial charge in [0.1, 0.15) is 11.8 Å². The van der Waals surface area contributed by atoms with Crippen molar-refractivity contribution in [2.45, 2.75) is 129 Å². The Morgan fingerprint density at radius 3 is 2.46 bits per heavy atom. The fourth-order valence-corrected chi connectivity index (χ4v) is 8.09. The van der Waals surface area contributed by atoms with Gasteiger partial charge in [0, 0.05) is 44.2 Å². The number of nitrogens with zero attached hydrogens (tertiary/aromatic N) is 2. The normalized spacial score (nSPS) is 23.5. The summed E-state index contributed by atoms with van der Waals surface area (Å²) in [7, 11) is 0. The highest BCUT2D eigenvalue weighted by molar-refractivity contribution is 5.97. The predicted molar refractivity (Wildman–Crippen MR) is 215 cm³/mol. The molecule has 2 heterocycles. The summed E-state index contributed by atoms with van der Waals surface area (Å²) in [6.07, 6.45) is 10.4. The van der Waals surface area contributed by atoms with Gasteiger partial charge in [-0.1, -0.05) is 64.3 Å². The van der Waals surface area contributed by atoms with E-state index < -0.39 is 47.2 Å². The number of nitrogens with one attached hydrogen (secondary N) is 2. The molecule has 56 heavy (non-hydrogen) atoms. The minimum atomic E-state index is -0.995. The van der Waals surface area contributed by atoms with Gasteiger partial charge in [-0.05, 0) is 80.4 Å². The highest BCUT2D eigenvalue weighted by atomic mass is 16.5. The van der Waals surface area contributed by atoms with Crippen molar-refractivity contribution in [3.8, 4) is 5.75 Å². The van der Waals surface area contributed by atoms with Gasteiger partial charge in [0.05, 0.1) is 18.7 Å². The molecule has 2 fully saturated rings. The first-order valence-electron chi connectivity index (χ1n) is 20.3. The molecule has 308 valence electrons. The highest BCUT2D eigenvalue weighted by Gasteiger charge is 2.40. The maximum Gasteiger partial charge on any atom is 0.243 e. The molecule has 1 saturated heterocycles. The van der Waals surface area contributed by atoms with Crippen LogP contribution in [0.1, 0.15) is 116 Å². The van der Waals surface area contributed by atoms with E-state index in [0.717, 1.165) is 37.7 Å². The lowest BCUT2D eigenvalue weighted by Gasteiger charge is -2.33. The van der Waals surface area contributed by atoms with Gasteiger partial charge in [-0.25, -0.2) is 0 Å². The number of rotatable bonds is 11. The molecule has 1 aliphatic carbocycles. The monoisotopic (exact) mass is 777 g/mol. The number of allylic oxidation sites excluding steroid dienone is 1. The quantitative estimate of drug-likeness (QED) is 0.126. The van der Waals surface area contributed by atoms with Gasteiger partial charge in [-0.3, -0.25) is 33.8 Å². The zero-order valence-corrected chi connectivity index (χ0v) is 33.4. The van der Waals surface area contributed by atoms with Gasteiger partial charge in [0.25, 0.3) is 0 Å². The van der Waals surface area contributed by atoms with E-state index in [9.17, 15) is 28.8 Å². The molecule has 14 heteroatoms. The maximum atomic E-state index is 14.5. The Morgan fingerprint density at radius 2 is 1.77 bits per heavy atom. The largest absolute Gasteiger partial charge is 0.494 e. The summed E-state index contributed by atoms with van der Waals surface area (Å²) in [5.74, 6) is -3.45. The fourth-order valence-electron chi connectivity index (χ4n) is 8.09. The Bertz CT molecular complexity index is 1610. The van der Waals surface area contributed by atoms with Crippen LogP contribution in [0.15, 0.2) is 35.3 Å². The summed E-state index contributed by atoms with van der Waals surface area (Å²) >= 11 is 0. The van der Waals surface area contributed by atoms with Crippen molar-refractivity contribution in [1.29, 1.82) is 0 Å². The van der Waals surface area contributed by atoms with Crippen LogP contribution in [0, 0.1) is 23.2 Å². The molecular weight excluding hydrogens is 715 g/mol. The Hall–Kier alpha value is -4.75. The summed E-state index contributed by atoms with van der Waals surface area (Å²) in [5.41, 5.74) is 17.0. The number of carbonyl (C=O) groups is 6. The van der Waals surface area contributed by atoms with E-state index in [0.29, 0.717) is 44.6 Å². The van der Waals surface area contributed by atoms with Crippen molar-refractivity contribution in [2.24, 2.45) is 45.4 Å². The topological polar surface area (TPSA) is 229 Å². The summed E-state index contributed by atoms with van der Waals surface area (Å²) in [6, 6.07) is 4.94. The second kappa shape index (κ2) is 21.0. The van der Waals surface area contributed by atoms with Gasteiger partial charge in [0.2, 0.25) is 23.6 Å². The number of Topliss-reactive ketones (excluding diaryl/α,β-unsaturated/α-hetero) is 2. The van der Waals surface area contributed by atoms with Gasteiger partial charge < -0.3 is 37.5 Å². The molecule has 4 rings (SSSR count). The highest BCUT2D eigenvalue weighted by Crippen LogP contribution is 2.31. The Balaban J connectivity index is 1.66. The Kier molecular flexibility index (Phi) is 16.5. The van der Waals surface area contributed by atoms with Crippen molar-refractivity contribution in [3.63, 3.8) is 0 Å². The second-order valence-corrected chi connectivity index (χ2v) is 16.7. The molecule has 0 radical (unpaired) electrons. The van der Waals surface area contributed by atoms with E-state index in [-0.39, 0.29) is 73.9 Å². The zero-order valence-electron chi connectivity index (χ0n) is 33.4. The van der Waals surface area contributed by atoms with Crippen LogP contribution in [0.4, 0.5) is 0 Å². The minimum absolute atomic E-state index is 0.0968. The first-order chi connectivity index (χ1) is 26.6. The molecule has 4 amide bonds. The Morgan fingerprint density at radius 1 is 1.02 bits per heavy atom. The van der Waals surface area contributed by atoms with Crippen LogP contribution < -0.4 is 32.6 Å². The third kappa shape index (κ3) is 13.2. The lowest BCUT2D eigenvalue weighted by Crippen LogP contribution is -2.54.